The summed E-state index contributed by atoms with van der Waals surface area (Å²) < 4.78 is 0. The van der Waals surface area contributed by atoms with Crippen LogP contribution in [0.5, 0.6) is 0 Å². The molecule has 0 atom stereocenters. The quantitative estimate of drug-likeness (QED) is 0.486. The highest BCUT2D eigenvalue weighted by atomic mass is 15.1. The molecule has 0 saturated carbocycles. The first-order valence-electron chi connectivity index (χ1n) is 5.43. The first kappa shape index (κ1) is 15.0. The van der Waals surface area contributed by atoms with Crippen molar-refractivity contribution in [3.63, 3.8) is 0 Å². The smallest absolute Gasteiger partial charge is 0.0980 e. The Balaban J connectivity index is 0. The molecule has 0 unspecified atom stereocenters. The highest BCUT2D eigenvalue weighted by Crippen LogP contribution is 1.96. The van der Waals surface area contributed by atoms with Crippen molar-refractivity contribution in [3.05, 3.63) is 0 Å². The van der Waals surface area contributed by atoms with Gasteiger partial charge >= 0.3 is 0 Å². The Morgan fingerprint density at radius 1 is 1.23 bits per heavy atom. The molecule has 0 aliphatic carbocycles. The van der Waals surface area contributed by atoms with Crippen molar-refractivity contribution in [3.8, 4) is 0 Å². The lowest BCUT2D eigenvalue weighted by molar-refractivity contribution is 0.475. The van der Waals surface area contributed by atoms with Gasteiger partial charge < -0.3 is 4.90 Å². The summed E-state index contributed by atoms with van der Waals surface area (Å²) in [6, 6.07) is 0. The Hall–Kier alpha value is -0.530. The van der Waals surface area contributed by atoms with Crippen LogP contribution in [0.25, 0.3) is 0 Å². The maximum Gasteiger partial charge on any atom is 0.0980 e. The Labute approximate surface area is 84.0 Å². The van der Waals surface area contributed by atoms with E-state index >= 15 is 0 Å². The molecule has 0 radical (unpaired) electrons. The van der Waals surface area contributed by atoms with Crippen LogP contribution in [0.3, 0.4) is 0 Å². The van der Waals surface area contributed by atoms with Crippen molar-refractivity contribution in [2.75, 3.05) is 20.6 Å². The van der Waals surface area contributed by atoms with E-state index in [0.29, 0.717) is 0 Å². The molecule has 0 aromatic rings. The van der Waals surface area contributed by atoms with Gasteiger partial charge in [0.1, 0.15) is 0 Å². The maximum absolute atomic E-state index is 4.20. The van der Waals surface area contributed by atoms with Gasteiger partial charge in [-0.05, 0) is 6.42 Å². The molecule has 0 aromatic heterocycles. The Kier molecular flexibility index (Phi) is 13.2. The molecule has 80 valence electrons. The molecule has 0 saturated heterocycles. The van der Waals surface area contributed by atoms with Crippen molar-refractivity contribution in [1.82, 2.24) is 4.90 Å². The van der Waals surface area contributed by atoms with Gasteiger partial charge in [-0.15, -0.1) is 0 Å². The molecular weight excluding hydrogens is 160 g/mol. The van der Waals surface area contributed by atoms with Gasteiger partial charge in [-0.25, -0.2) is 0 Å². The second kappa shape index (κ2) is 11.5. The molecule has 2 heteroatoms. The van der Waals surface area contributed by atoms with Crippen molar-refractivity contribution in [1.29, 1.82) is 0 Å². The van der Waals surface area contributed by atoms with Crippen LogP contribution in [-0.2, 0) is 0 Å². The Morgan fingerprint density at radius 3 is 2.08 bits per heavy atom. The predicted octanol–water partition coefficient (Wildman–Crippen LogP) is 3.18. The zero-order chi connectivity index (χ0) is 10.7. The molecule has 0 rings (SSSR count). The van der Waals surface area contributed by atoms with E-state index in [4.69, 9.17) is 0 Å². The highest BCUT2D eigenvalue weighted by molar-refractivity contribution is 5.81. The molecular formula is C11H26N2. The largest absolute Gasteiger partial charge is 0.363 e. The lowest BCUT2D eigenvalue weighted by Crippen LogP contribution is -2.26. The molecule has 2 nitrogen and oxygen atoms in total. The number of hydrogen-bond acceptors (Lipinski definition) is 1. The van der Waals surface area contributed by atoms with E-state index in [1.54, 1.807) is 0 Å². The third-order valence-corrected chi connectivity index (χ3v) is 1.86. The van der Waals surface area contributed by atoms with E-state index in [1.807, 2.05) is 20.9 Å². The molecule has 0 heterocycles. The lowest BCUT2D eigenvalue weighted by Gasteiger charge is -2.19. The molecule has 0 bridgehead atoms. The van der Waals surface area contributed by atoms with Crippen LogP contribution in [0.15, 0.2) is 4.99 Å². The lowest BCUT2D eigenvalue weighted by atomic mass is 10.3. The van der Waals surface area contributed by atoms with Gasteiger partial charge in [-0.1, -0.05) is 34.1 Å². The van der Waals surface area contributed by atoms with E-state index in [1.165, 1.54) is 18.7 Å². The van der Waals surface area contributed by atoms with Crippen LogP contribution in [0.2, 0.25) is 0 Å². The Bertz CT molecular complexity index is 119. The average Bonchev–Trinajstić information content (AvgIpc) is 2.19. The number of rotatable bonds is 4. The number of hydrogen-bond donors (Lipinski definition) is 0. The van der Waals surface area contributed by atoms with Gasteiger partial charge in [-0.2, -0.15) is 0 Å². The molecule has 13 heavy (non-hydrogen) atoms. The van der Waals surface area contributed by atoms with Crippen LogP contribution in [0.1, 0.15) is 47.0 Å². The molecule has 0 N–H and O–H groups in total. The summed E-state index contributed by atoms with van der Waals surface area (Å²) in [5, 5.41) is 0. The van der Waals surface area contributed by atoms with Gasteiger partial charge in [-0.3, -0.25) is 4.99 Å². The topological polar surface area (TPSA) is 15.6 Å². The third-order valence-electron chi connectivity index (χ3n) is 1.86. The SMILES string of the molecule is CC.CCCCN(C)C(CC)=NC. The normalized spacial score (nSPS) is 10.5. The van der Waals surface area contributed by atoms with Gasteiger partial charge in [0.15, 0.2) is 0 Å². The zero-order valence-electron chi connectivity index (χ0n) is 10.2. The minimum absolute atomic E-state index is 1.04. The fraction of sp³-hybridized carbons (Fsp3) is 0.909. The van der Waals surface area contributed by atoms with Crippen LogP contribution < -0.4 is 0 Å². The van der Waals surface area contributed by atoms with E-state index in [2.05, 4.69) is 30.8 Å². The summed E-state index contributed by atoms with van der Waals surface area (Å²) in [6.07, 6.45) is 3.55. The van der Waals surface area contributed by atoms with Gasteiger partial charge in [0.05, 0.1) is 5.84 Å². The first-order chi connectivity index (χ1) is 6.26. The van der Waals surface area contributed by atoms with Crippen molar-refractivity contribution < 1.29 is 0 Å². The summed E-state index contributed by atoms with van der Waals surface area (Å²) in [4.78, 5) is 6.44. The summed E-state index contributed by atoms with van der Waals surface area (Å²) in [6.45, 7) is 9.49. The van der Waals surface area contributed by atoms with E-state index in [-0.39, 0.29) is 0 Å². The molecule has 0 amide bonds. The van der Waals surface area contributed by atoms with Crippen LogP contribution in [-0.4, -0.2) is 31.4 Å². The minimum Gasteiger partial charge on any atom is -0.363 e. The van der Waals surface area contributed by atoms with Crippen LogP contribution in [0, 0.1) is 0 Å². The predicted molar refractivity (Wildman–Crippen MR) is 62.5 cm³/mol. The Morgan fingerprint density at radius 2 is 1.77 bits per heavy atom. The summed E-state index contributed by atoms with van der Waals surface area (Å²) in [5.41, 5.74) is 0. The van der Waals surface area contributed by atoms with Crippen molar-refractivity contribution in [2.24, 2.45) is 4.99 Å². The van der Waals surface area contributed by atoms with Gasteiger partial charge in [0, 0.05) is 27.1 Å². The molecule has 0 aliphatic heterocycles. The number of aliphatic imine (C=N–C) groups is 1. The molecule has 0 spiro atoms. The van der Waals surface area contributed by atoms with Crippen LogP contribution in [0.4, 0.5) is 0 Å². The second-order valence-corrected chi connectivity index (χ2v) is 2.77. The number of unbranched alkanes of at least 4 members (excludes halogenated alkanes) is 1. The average molecular weight is 186 g/mol. The van der Waals surface area contributed by atoms with Crippen molar-refractivity contribution in [2.45, 2.75) is 47.0 Å². The first-order valence-corrected chi connectivity index (χ1v) is 5.43. The van der Waals surface area contributed by atoms with Crippen LogP contribution >= 0.6 is 0 Å². The van der Waals surface area contributed by atoms with Gasteiger partial charge in [0.25, 0.3) is 0 Å². The number of nitrogens with zero attached hydrogens (tertiary/aromatic N) is 2. The monoisotopic (exact) mass is 186 g/mol. The van der Waals surface area contributed by atoms with Gasteiger partial charge in [0.2, 0.25) is 0 Å². The van der Waals surface area contributed by atoms with E-state index in [0.717, 1.165) is 13.0 Å². The van der Waals surface area contributed by atoms with E-state index in [9.17, 15) is 0 Å². The zero-order valence-corrected chi connectivity index (χ0v) is 10.2. The summed E-state index contributed by atoms with van der Waals surface area (Å²) >= 11 is 0. The fourth-order valence-electron chi connectivity index (χ4n) is 1.12. The van der Waals surface area contributed by atoms with Crippen molar-refractivity contribution >= 4 is 5.84 Å². The number of amidine groups is 1. The summed E-state index contributed by atoms with van der Waals surface area (Å²) in [5.74, 6) is 1.21. The fourth-order valence-corrected chi connectivity index (χ4v) is 1.12. The minimum atomic E-state index is 1.04. The molecule has 0 aliphatic rings. The summed E-state index contributed by atoms with van der Waals surface area (Å²) in [7, 11) is 3.97. The molecule has 0 fully saturated rings. The molecule has 0 aromatic carbocycles. The second-order valence-electron chi connectivity index (χ2n) is 2.77. The third kappa shape index (κ3) is 7.82. The highest BCUT2D eigenvalue weighted by Gasteiger charge is 2.00. The maximum atomic E-state index is 4.20. The standard InChI is InChI=1S/C9H20N2.C2H6/c1-5-7-8-11(4)9(6-2)10-3;1-2/h5-8H2,1-4H3;1-2H3. The van der Waals surface area contributed by atoms with E-state index < -0.39 is 0 Å².